The van der Waals surface area contributed by atoms with Crippen molar-refractivity contribution in [3.8, 4) is 0 Å². The van der Waals surface area contributed by atoms with Gasteiger partial charge in [0, 0.05) is 23.9 Å². The van der Waals surface area contributed by atoms with Crippen LogP contribution in [0.4, 0.5) is 0 Å². The van der Waals surface area contributed by atoms with Crippen LogP contribution in [0.2, 0.25) is 0 Å². The Labute approximate surface area is 47.9 Å². The Balaban J connectivity index is 2.38. The fourth-order valence-electron chi connectivity index (χ4n) is 1.75. The van der Waals surface area contributed by atoms with Gasteiger partial charge in [0.05, 0.1) is 0 Å². The largest absolute Gasteiger partial charge is 0.347 e. The van der Waals surface area contributed by atoms with E-state index in [4.69, 9.17) is 0 Å². The molecule has 1 fully saturated rings. The van der Waals surface area contributed by atoms with Crippen LogP contribution < -0.4 is 0 Å². The van der Waals surface area contributed by atoms with Crippen LogP contribution in [-0.4, -0.2) is 4.57 Å². The molecule has 2 atom stereocenters. The summed E-state index contributed by atoms with van der Waals surface area (Å²) in [6.07, 6.45) is 3.61. The van der Waals surface area contributed by atoms with Gasteiger partial charge in [0.15, 0.2) is 0 Å². The summed E-state index contributed by atoms with van der Waals surface area (Å²) in [4.78, 5) is 0. The lowest BCUT2D eigenvalue weighted by molar-refractivity contribution is 0.596. The van der Waals surface area contributed by atoms with E-state index in [1.807, 2.05) is 0 Å². The third-order valence-corrected chi connectivity index (χ3v) is 2.31. The standard InChI is InChI=1S/C7H7N/c1-2-6-5-4-7(5)8(6)3-1/h1-3,5,7H,4H2. The molecule has 0 bridgehead atoms. The molecule has 40 valence electrons. The Bertz CT molecular complexity index is 214. The van der Waals surface area contributed by atoms with Gasteiger partial charge in [-0.2, -0.15) is 0 Å². The van der Waals surface area contributed by atoms with Crippen LogP contribution in [0.15, 0.2) is 18.3 Å². The molecule has 3 rings (SSSR count). The van der Waals surface area contributed by atoms with Gasteiger partial charge in [-0.15, -0.1) is 0 Å². The number of nitrogens with zero attached hydrogens (tertiary/aromatic N) is 1. The van der Waals surface area contributed by atoms with Gasteiger partial charge in [-0.3, -0.25) is 0 Å². The first-order valence-electron chi connectivity index (χ1n) is 3.13. The van der Waals surface area contributed by atoms with Crippen LogP contribution in [0.1, 0.15) is 24.1 Å². The van der Waals surface area contributed by atoms with Crippen molar-refractivity contribution in [1.82, 2.24) is 4.57 Å². The quantitative estimate of drug-likeness (QED) is 0.471. The van der Waals surface area contributed by atoms with E-state index in [0.29, 0.717) is 0 Å². The zero-order valence-electron chi connectivity index (χ0n) is 4.54. The van der Waals surface area contributed by atoms with Crippen molar-refractivity contribution in [3.05, 3.63) is 24.0 Å². The van der Waals surface area contributed by atoms with E-state index < -0.39 is 0 Å². The molecule has 8 heavy (non-hydrogen) atoms. The van der Waals surface area contributed by atoms with Crippen molar-refractivity contribution in [3.63, 3.8) is 0 Å². The predicted molar refractivity (Wildman–Crippen MR) is 30.8 cm³/mol. The van der Waals surface area contributed by atoms with Crippen molar-refractivity contribution in [2.24, 2.45) is 0 Å². The Hall–Kier alpha value is -0.720. The van der Waals surface area contributed by atoms with Gasteiger partial charge in [-0.05, 0) is 18.6 Å². The predicted octanol–water partition coefficient (Wildman–Crippen LogP) is 1.53. The van der Waals surface area contributed by atoms with Crippen molar-refractivity contribution >= 4 is 0 Å². The van der Waals surface area contributed by atoms with Crippen LogP contribution in [0.25, 0.3) is 0 Å². The molecule has 1 aliphatic carbocycles. The summed E-state index contributed by atoms with van der Waals surface area (Å²) < 4.78 is 2.38. The summed E-state index contributed by atoms with van der Waals surface area (Å²) >= 11 is 0. The van der Waals surface area contributed by atoms with Crippen LogP contribution in [0.5, 0.6) is 0 Å². The van der Waals surface area contributed by atoms with E-state index in [1.165, 1.54) is 6.42 Å². The van der Waals surface area contributed by atoms with E-state index >= 15 is 0 Å². The highest BCUT2D eigenvalue weighted by molar-refractivity contribution is 5.32. The average Bonchev–Trinajstić information content (AvgIpc) is 2.34. The molecule has 2 heterocycles. The first-order valence-corrected chi connectivity index (χ1v) is 3.13. The summed E-state index contributed by atoms with van der Waals surface area (Å²) in [5.74, 6) is 0.977. The molecular weight excluding hydrogens is 98.1 g/mol. The van der Waals surface area contributed by atoms with E-state index in [2.05, 4.69) is 22.9 Å². The number of aromatic nitrogens is 1. The molecule has 0 spiro atoms. The summed E-state index contributed by atoms with van der Waals surface area (Å²) in [6.45, 7) is 0. The van der Waals surface area contributed by atoms with E-state index in [0.717, 1.165) is 12.0 Å². The van der Waals surface area contributed by atoms with Gasteiger partial charge < -0.3 is 4.57 Å². The number of hydrogen-bond donors (Lipinski definition) is 0. The van der Waals surface area contributed by atoms with Crippen LogP contribution in [0.3, 0.4) is 0 Å². The van der Waals surface area contributed by atoms with Gasteiger partial charge in [-0.25, -0.2) is 0 Å². The first kappa shape index (κ1) is 3.33. The molecule has 0 amide bonds. The van der Waals surface area contributed by atoms with Crippen molar-refractivity contribution in [2.45, 2.75) is 18.4 Å². The lowest BCUT2D eigenvalue weighted by Gasteiger charge is -2.15. The lowest BCUT2D eigenvalue weighted by atomic mass is 10.2. The molecule has 1 saturated carbocycles. The second kappa shape index (κ2) is 0.750. The topological polar surface area (TPSA) is 4.93 Å². The molecule has 2 unspecified atom stereocenters. The van der Waals surface area contributed by atoms with Gasteiger partial charge in [0.2, 0.25) is 0 Å². The Morgan fingerprint density at radius 3 is 3.50 bits per heavy atom. The average molecular weight is 105 g/mol. The second-order valence-electron chi connectivity index (χ2n) is 2.75. The normalized spacial score (nSPS) is 37.5. The second-order valence-corrected chi connectivity index (χ2v) is 2.75. The number of fused-ring (bicyclic) bond motifs is 4. The molecule has 1 aliphatic heterocycles. The van der Waals surface area contributed by atoms with Crippen LogP contribution in [-0.2, 0) is 0 Å². The van der Waals surface area contributed by atoms with E-state index in [9.17, 15) is 0 Å². The monoisotopic (exact) mass is 105 g/mol. The van der Waals surface area contributed by atoms with Crippen LogP contribution >= 0.6 is 0 Å². The van der Waals surface area contributed by atoms with Crippen molar-refractivity contribution in [1.29, 1.82) is 0 Å². The highest BCUT2D eigenvalue weighted by atomic mass is 15.1. The molecular formula is C7H7N. The van der Waals surface area contributed by atoms with Crippen molar-refractivity contribution < 1.29 is 0 Å². The Kier molecular flexibility index (Phi) is 0.312. The highest BCUT2D eigenvalue weighted by Gasteiger charge is 2.50. The smallest absolute Gasteiger partial charge is 0.0424 e. The number of hydrogen-bond acceptors (Lipinski definition) is 0. The fraction of sp³-hybridized carbons (Fsp3) is 0.429. The molecule has 0 saturated heterocycles. The first-order chi connectivity index (χ1) is 3.97. The third-order valence-electron chi connectivity index (χ3n) is 2.31. The van der Waals surface area contributed by atoms with Crippen molar-refractivity contribution in [2.75, 3.05) is 0 Å². The summed E-state index contributed by atoms with van der Waals surface area (Å²) in [5, 5.41) is 0. The maximum absolute atomic E-state index is 2.38. The maximum Gasteiger partial charge on any atom is 0.0424 e. The fourth-order valence-corrected chi connectivity index (χ4v) is 1.75. The number of rotatable bonds is 0. The minimum Gasteiger partial charge on any atom is -0.347 e. The van der Waals surface area contributed by atoms with Gasteiger partial charge in [0.1, 0.15) is 0 Å². The van der Waals surface area contributed by atoms with E-state index in [1.54, 1.807) is 5.69 Å². The maximum atomic E-state index is 2.38. The molecule has 1 aromatic rings. The van der Waals surface area contributed by atoms with E-state index in [-0.39, 0.29) is 0 Å². The zero-order valence-corrected chi connectivity index (χ0v) is 4.54. The van der Waals surface area contributed by atoms with Gasteiger partial charge in [0.25, 0.3) is 0 Å². The van der Waals surface area contributed by atoms with Crippen LogP contribution in [0, 0.1) is 0 Å². The highest BCUT2D eigenvalue weighted by Crippen LogP contribution is 2.60. The Morgan fingerprint density at radius 2 is 2.62 bits per heavy atom. The lowest BCUT2D eigenvalue weighted by Crippen LogP contribution is -2.07. The minimum absolute atomic E-state index is 0.931. The molecule has 0 N–H and O–H groups in total. The third kappa shape index (κ3) is 0.178. The summed E-state index contributed by atoms with van der Waals surface area (Å²) in [7, 11) is 0. The molecule has 2 aliphatic rings. The SMILES string of the molecule is c1cc2n(c1)C1CC21. The zero-order chi connectivity index (χ0) is 5.14. The molecule has 0 radical (unpaired) electrons. The molecule has 1 heteroatoms. The molecule has 1 aromatic heterocycles. The minimum atomic E-state index is 0.931. The summed E-state index contributed by atoms with van der Waals surface area (Å²) in [5.41, 5.74) is 1.56. The summed E-state index contributed by atoms with van der Waals surface area (Å²) in [6, 6.07) is 5.30. The van der Waals surface area contributed by atoms with Gasteiger partial charge >= 0.3 is 0 Å². The molecule has 0 aromatic carbocycles. The van der Waals surface area contributed by atoms with Gasteiger partial charge in [-0.1, -0.05) is 0 Å². The molecule has 1 nitrogen and oxygen atoms in total. The Morgan fingerprint density at radius 1 is 1.62 bits per heavy atom.